The number of imidazole rings is 1. The number of ether oxygens (including phenoxy) is 3. The molecule has 2 aromatic rings. The summed E-state index contributed by atoms with van der Waals surface area (Å²) in [5.74, 6) is 2.18. The Hall–Kier alpha value is -1.76. The molecule has 4 rings (SSSR count). The van der Waals surface area contributed by atoms with Gasteiger partial charge in [0.1, 0.15) is 5.82 Å². The van der Waals surface area contributed by atoms with Gasteiger partial charge in [-0.25, -0.2) is 4.98 Å². The lowest BCUT2D eigenvalue weighted by molar-refractivity contribution is 0.0365. The Morgan fingerprint density at radius 1 is 1.35 bits per heavy atom. The molecule has 0 unspecified atom stereocenters. The summed E-state index contributed by atoms with van der Waals surface area (Å²) >= 11 is 6.44. The first-order valence-electron chi connectivity index (χ1n) is 7.64. The molecule has 0 spiro atoms. The number of piperidine rings is 1. The van der Waals surface area contributed by atoms with Crippen molar-refractivity contribution in [1.29, 1.82) is 0 Å². The molecule has 0 saturated carbocycles. The van der Waals surface area contributed by atoms with Gasteiger partial charge in [0.15, 0.2) is 11.5 Å². The molecule has 1 fully saturated rings. The summed E-state index contributed by atoms with van der Waals surface area (Å²) in [4.78, 5) is 4.52. The predicted molar refractivity (Wildman–Crippen MR) is 86.1 cm³/mol. The van der Waals surface area contributed by atoms with Gasteiger partial charge in [0.25, 0.3) is 0 Å². The summed E-state index contributed by atoms with van der Waals surface area (Å²) in [6.45, 7) is 2.02. The van der Waals surface area contributed by atoms with E-state index in [1.165, 1.54) is 0 Å². The third-order valence-corrected chi connectivity index (χ3v) is 4.73. The van der Waals surface area contributed by atoms with E-state index in [0.717, 1.165) is 30.9 Å². The molecule has 0 amide bonds. The molecule has 6 nitrogen and oxygen atoms in total. The van der Waals surface area contributed by atoms with Crippen molar-refractivity contribution >= 4 is 11.6 Å². The van der Waals surface area contributed by atoms with E-state index in [2.05, 4.69) is 14.9 Å². The maximum absolute atomic E-state index is 6.44. The minimum Gasteiger partial charge on any atom is -0.454 e. The van der Waals surface area contributed by atoms with Crippen molar-refractivity contribution in [3.8, 4) is 22.9 Å². The molecule has 1 saturated heterocycles. The average molecular weight is 336 g/mol. The number of methoxy groups -OCH3 is 1. The summed E-state index contributed by atoms with van der Waals surface area (Å²) in [7, 11) is 1.76. The van der Waals surface area contributed by atoms with E-state index in [0.29, 0.717) is 16.5 Å². The predicted octanol–water partition coefficient (Wildman–Crippen LogP) is 2.48. The summed E-state index contributed by atoms with van der Waals surface area (Å²) in [6, 6.07) is 3.85. The fourth-order valence-electron chi connectivity index (χ4n) is 3.25. The van der Waals surface area contributed by atoms with E-state index >= 15 is 0 Å². The molecule has 2 atom stereocenters. The minimum atomic E-state index is 0.150. The molecule has 0 aliphatic carbocycles. The largest absolute Gasteiger partial charge is 0.454 e. The van der Waals surface area contributed by atoms with Crippen LogP contribution in [0.15, 0.2) is 24.5 Å². The number of nitrogens with one attached hydrogen (secondary N) is 1. The smallest absolute Gasteiger partial charge is 0.231 e. The van der Waals surface area contributed by atoms with Crippen LogP contribution in [0.1, 0.15) is 12.5 Å². The van der Waals surface area contributed by atoms with Crippen LogP contribution in [0, 0.1) is 0 Å². The van der Waals surface area contributed by atoms with Crippen LogP contribution in [0.5, 0.6) is 11.5 Å². The Bertz CT molecular complexity index is 719. The van der Waals surface area contributed by atoms with E-state index in [1.807, 2.05) is 12.3 Å². The number of fused-ring (bicyclic) bond motifs is 1. The number of benzene rings is 1. The lowest BCUT2D eigenvalue weighted by Gasteiger charge is -2.33. The Morgan fingerprint density at radius 3 is 3.00 bits per heavy atom. The van der Waals surface area contributed by atoms with Crippen molar-refractivity contribution in [2.24, 2.45) is 0 Å². The first-order chi connectivity index (χ1) is 11.3. The maximum Gasteiger partial charge on any atom is 0.231 e. The molecular formula is C16H18ClN3O3. The Labute approximate surface area is 139 Å². The van der Waals surface area contributed by atoms with Gasteiger partial charge in [0.05, 0.1) is 17.2 Å². The molecule has 0 bridgehead atoms. The summed E-state index contributed by atoms with van der Waals surface area (Å²) in [6.07, 6.45) is 4.88. The molecule has 3 heterocycles. The molecule has 2 aliphatic heterocycles. The minimum absolute atomic E-state index is 0.150. The Balaban J connectivity index is 1.75. The standard InChI is InChI=1S/C16H18ClN3O3/c1-21-13-2-3-18-8-12(13)20-5-4-19-16(20)10-6-14-15(7-11(10)17)23-9-22-14/h4-7,12-13,18H,2-3,8-9H2,1H3/t12-,13+/m1/s1. The zero-order valence-corrected chi connectivity index (χ0v) is 13.5. The van der Waals surface area contributed by atoms with Crippen molar-refractivity contribution in [3.05, 3.63) is 29.5 Å². The Morgan fingerprint density at radius 2 is 2.17 bits per heavy atom. The zero-order chi connectivity index (χ0) is 15.8. The van der Waals surface area contributed by atoms with E-state index in [1.54, 1.807) is 19.4 Å². The van der Waals surface area contributed by atoms with Gasteiger partial charge in [0.2, 0.25) is 6.79 Å². The quantitative estimate of drug-likeness (QED) is 0.934. The number of hydrogen-bond donors (Lipinski definition) is 1. The normalized spacial score (nSPS) is 23.2. The number of hydrogen-bond acceptors (Lipinski definition) is 5. The van der Waals surface area contributed by atoms with E-state index in [-0.39, 0.29) is 18.9 Å². The highest BCUT2D eigenvalue weighted by atomic mass is 35.5. The van der Waals surface area contributed by atoms with Gasteiger partial charge in [-0.2, -0.15) is 0 Å². The summed E-state index contributed by atoms with van der Waals surface area (Å²) < 4.78 is 18.6. The number of rotatable bonds is 3. The second-order valence-electron chi connectivity index (χ2n) is 5.68. The van der Waals surface area contributed by atoms with Crippen LogP contribution >= 0.6 is 11.6 Å². The van der Waals surface area contributed by atoms with Crippen LogP contribution in [-0.2, 0) is 4.74 Å². The van der Waals surface area contributed by atoms with Crippen molar-refractivity contribution in [2.75, 3.05) is 27.0 Å². The van der Waals surface area contributed by atoms with E-state index in [9.17, 15) is 0 Å². The molecule has 1 aromatic heterocycles. The third kappa shape index (κ3) is 2.56. The van der Waals surface area contributed by atoms with Crippen molar-refractivity contribution in [2.45, 2.75) is 18.6 Å². The lowest BCUT2D eigenvalue weighted by Crippen LogP contribution is -2.42. The monoisotopic (exact) mass is 335 g/mol. The topological polar surface area (TPSA) is 57.5 Å². The SMILES string of the molecule is CO[C@H]1CCNC[C@H]1n1ccnc1-c1cc2c(cc1Cl)OCO2. The molecule has 1 N–H and O–H groups in total. The molecule has 7 heteroatoms. The third-order valence-electron chi connectivity index (χ3n) is 4.42. The summed E-state index contributed by atoms with van der Waals surface area (Å²) in [5, 5.41) is 4.01. The fourth-order valence-corrected chi connectivity index (χ4v) is 3.49. The fraction of sp³-hybridized carbons (Fsp3) is 0.438. The zero-order valence-electron chi connectivity index (χ0n) is 12.8. The average Bonchev–Trinajstić information content (AvgIpc) is 3.22. The van der Waals surface area contributed by atoms with Gasteiger partial charge >= 0.3 is 0 Å². The van der Waals surface area contributed by atoms with Crippen LogP contribution in [0.25, 0.3) is 11.4 Å². The van der Waals surface area contributed by atoms with E-state index < -0.39 is 0 Å². The number of halogens is 1. The molecular weight excluding hydrogens is 318 g/mol. The van der Waals surface area contributed by atoms with Crippen molar-refractivity contribution < 1.29 is 14.2 Å². The van der Waals surface area contributed by atoms with Gasteiger partial charge in [-0.3, -0.25) is 0 Å². The first kappa shape index (κ1) is 14.8. The summed E-state index contributed by atoms with van der Waals surface area (Å²) in [5.41, 5.74) is 0.835. The molecule has 23 heavy (non-hydrogen) atoms. The highest BCUT2D eigenvalue weighted by Gasteiger charge is 2.29. The van der Waals surface area contributed by atoms with Crippen LogP contribution in [0.4, 0.5) is 0 Å². The van der Waals surface area contributed by atoms with Gasteiger partial charge in [0, 0.05) is 37.7 Å². The van der Waals surface area contributed by atoms with Crippen molar-refractivity contribution in [1.82, 2.24) is 14.9 Å². The molecule has 1 aromatic carbocycles. The van der Waals surface area contributed by atoms with Gasteiger partial charge in [-0.05, 0) is 19.0 Å². The first-order valence-corrected chi connectivity index (χ1v) is 8.01. The molecule has 122 valence electrons. The van der Waals surface area contributed by atoms with Crippen LogP contribution in [0.3, 0.4) is 0 Å². The molecule has 0 radical (unpaired) electrons. The Kier molecular flexibility index (Phi) is 3.88. The van der Waals surface area contributed by atoms with Crippen LogP contribution < -0.4 is 14.8 Å². The van der Waals surface area contributed by atoms with Gasteiger partial charge in [-0.1, -0.05) is 11.6 Å². The van der Waals surface area contributed by atoms with E-state index in [4.69, 9.17) is 25.8 Å². The van der Waals surface area contributed by atoms with Crippen LogP contribution in [-0.4, -0.2) is 42.6 Å². The van der Waals surface area contributed by atoms with Gasteiger partial charge < -0.3 is 24.1 Å². The van der Waals surface area contributed by atoms with Crippen molar-refractivity contribution in [3.63, 3.8) is 0 Å². The highest BCUT2D eigenvalue weighted by molar-refractivity contribution is 6.33. The maximum atomic E-state index is 6.44. The van der Waals surface area contributed by atoms with Crippen LogP contribution in [0.2, 0.25) is 5.02 Å². The molecule has 2 aliphatic rings. The second kappa shape index (κ2) is 6.03. The lowest BCUT2D eigenvalue weighted by atomic mass is 10.0. The highest BCUT2D eigenvalue weighted by Crippen LogP contribution is 2.41. The number of nitrogens with zero attached hydrogens (tertiary/aromatic N) is 2. The second-order valence-corrected chi connectivity index (χ2v) is 6.08. The van der Waals surface area contributed by atoms with Gasteiger partial charge in [-0.15, -0.1) is 0 Å². The number of aromatic nitrogens is 2.